The van der Waals surface area contributed by atoms with Gasteiger partial charge in [0.1, 0.15) is 48.1 Å². The summed E-state index contributed by atoms with van der Waals surface area (Å²) in [5.74, 6) is -3.81. The average molecular weight is 1350 g/mol. The molecule has 0 aliphatic carbocycles. The van der Waals surface area contributed by atoms with E-state index in [0.29, 0.717) is 23.9 Å². The van der Waals surface area contributed by atoms with E-state index in [4.69, 9.17) is 23.2 Å². The maximum Gasteiger partial charge on any atom is 0.297 e. The number of anilines is 8. The summed E-state index contributed by atoms with van der Waals surface area (Å²) in [6.07, 6.45) is 0. The molecular formula is C45H32Cl2N14O20S6. The molecule has 0 atom stereocenters. The molecular weight excluding hydrogens is 1320 g/mol. The van der Waals surface area contributed by atoms with Crippen molar-refractivity contribution in [1.82, 2.24) is 29.9 Å². The molecule has 0 amide bonds. The van der Waals surface area contributed by atoms with Gasteiger partial charge in [0.05, 0.1) is 21.2 Å². The number of aromatic hydroxyl groups is 2. The van der Waals surface area contributed by atoms with Crippen LogP contribution >= 0.6 is 23.2 Å². The maximum absolute atomic E-state index is 13.2. The first-order chi connectivity index (χ1) is 40.4. The molecule has 0 fully saturated rings. The van der Waals surface area contributed by atoms with Crippen LogP contribution in [0.3, 0.4) is 0 Å². The second kappa shape index (κ2) is 23.1. The number of nitrogens with one attached hydrogen (secondary N) is 3. The first kappa shape index (κ1) is 62.6. The highest BCUT2D eigenvalue weighted by Gasteiger charge is 2.30. The molecule has 2 heterocycles. The minimum Gasteiger partial charge on any atom is -0.506 e. The Morgan fingerprint density at radius 1 is 0.448 bits per heavy atom. The Morgan fingerprint density at radius 2 is 0.897 bits per heavy atom. The third-order valence-corrected chi connectivity index (χ3v) is 17.3. The van der Waals surface area contributed by atoms with Gasteiger partial charge in [-0.05, 0) is 119 Å². The van der Waals surface area contributed by atoms with Gasteiger partial charge in [-0.3, -0.25) is 27.3 Å². The molecule has 9 rings (SSSR count). The molecule has 452 valence electrons. The largest absolute Gasteiger partial charge is 0.506 e. The van der Waals surface area contributed by atoms with E-state index >= 15 is 0 Å². The molecule has 0 saturated heterocycles. The lowest BCUT2D eigenvalue weighted by Crippen LogP contribution is -2.15. The normalized spacial score (nSPS) is 12.7. The average Bonchev–Trinajstić information content (AvgIpc) is 0.822. The Kier molecular flexibility index (Phi) is 16.6. The summed E-state index contributed by atoms with van der Waals surface area (Å²) in [5, 5.41) is 42.2. The van der Waals surface area contributed by atoms with Gasteiger partial charge >= 0.3 is 0 Å². The fraction of sp³-hybridized carbons (Fsp3) is 0.0222. The lowest BCUT2D eigenvalue weighted by molar-refractivity contribution is 0.469. The number of phenolic OH excluding ortho intramolecular Hbond substituents is 2. The predicted molar refractivity (Wildman–Crippen MR) is 305 cm³/mol. The molecule has 7 aromatic carbocycles. The van der Waals surface area contributed by atoms with Crippen molar-refractivity contribution in [3.63, 3.8) is 0 Å². The molecule has 0 spiro atoms. The van der Waals surface area contributed by atoms with Gasteiger partial charge in [-0.15, -0.1) is 20.5 Å². The van der Waals surface area contributed by atoms with Crippen molar-refractivity contribution in [1.29, 1.82) is 0 Å². The van der Waals surface area contributed by atoms with Crippen LogP contribution in [0.4, 0.5) is 69.3 Å². The monoisotopic (exact) mass is 1350 g/mol. The number of hydrogen-bond acceptors (Lipinski definition) is 28. The standard InChI is InChI=1S/C45H32Cl2N14O20S6/c1-61(45-54-41(47)53-44(56-45)50-29-19-24(82(64,65)66)14-20-16-30(62)36(39(35(20)29)87(79,80)81)59-57-26-6-2-4-8-31(26)84(70,71)72)23-12-10-22(11-13-23)48-42-51-40(46)52-43(55-42)49-28-18-25(83(67,68)69)15-21-17-33(86(76,77)78)37(38(63)34(21)28)60-58-27-7-3-5-9-32(27)85(73,74)75/h2-19,62-63H,1H3,(H,64,65,66)(H,67,68,69)(H,70,71,72)(H,73,74,75)(H,76,77,78)(H,79,80,81)(H,50,53,54,56)(H2,48,49,51,52,55). The predicted octanol–water partition coefficient (Wildman–Crippen LogP) is 8.39. The quantitative estimate of drug-likeness (QED) is 0.0283. The third-order valence-electron chi connectivity index (χ3n) is 11.7. The molecule has 87 heavy (non-hydrogen) atoms. The van der Waals surface area contributed by atoms with E-state index in [9.17, 15) is 88.0 Å². The smallest absolute Gasteiger partial charge is 0.297 e. The number of halogens is 2. The van der Waals surface area contributed by atoms with Crippen LogP contribution < -0.4 is 20.9 Å². The lowest BCUT2D eigenvalue weighted by Gasteiger charge is -2.19. The number of hydrogen-bond donors (Lipinski definition) is 11. The zero-order valence-corrected chi connectivity index (χ0v) is 48.9. The van der Waals surface area contributed by atoms with Crippen molar-refractivity contribution in [3.8, 4) is 11.5 Å². The fourth-order valence-electron chi connectivity index (χ4n) is 8.04. The molecule has 0 aliphatic rings. The number of fused-ring (bicyclic) bond motifs is 2. The van der Waals surface area contributed by atoms with Gasteiger partial charge < -0.3 is 31.1 Å². The minimum absolute atomic E-state index is 0.226. The molecule has 0 aliphatic heterocycles. The zero-order valence-electron chi connectivity index (χ0n) is 42.5. The Morgan fingerprint density at radius 3 is 1.39 bits per heavy atom. The summed E-state index contributed by atoms with van der Waals surface area (Å²) >= 11 is 12.6. The van der Waals surface area contributed by atoms with E-state index < -0.39 is 180 Å². The van der Waals surface area contributed by atoms with E-state index in [1.807, 2.05) is 0 Å². The van der Waals surface area contributed by atoms with Crippen LogP contribution in [0.5, 0.6) is 11.5 Å². The molecule has 0 unspecified atom stereocenters. The number of aromatic nitrogens is 6. The fourth-order valence-corrected chi connectivity index (χ4v) is 12.2. The van der Waals surface area contributed by atoms with Crippen molar-refractivity contribution in [3.05, 3.63) is 120 Å². The summed E-state index contributed by atoms with van der Waals surface area (Å²) in [7, 11) is -29.6. The van der Waals surface area contributed by atoms with Crippen LogP contribution in [-0.2, 0) is 60.7 Å². The van der Waals surface area contributed by atoms with Crippen LogP contribution in [0.15, 0.2) is 159 Å². The summed E-state index contributed by atoms with van der Waals surface area (Å²) < 4.78 is 210. The van der Waals surface area contributed by atoms with Gasteiger partial charge in [0.2, 0.25) is 34.4 Å². The SMILES string of the molecule is CN(c1ccc(Nc2nc(Cl)nc(Nc3cc(S(=O)(=O)O)cc4cc(S(=O)(=O)O)c(N=Nc5ccccc5S(=O)(=O)O)c(O)c34)n2)cc1)c1nc(Cl)nc(Nc2cc(S(=O)(=O)O)cc3cc(O)c(N=Nc4ccccc4S(=O)(=O)O)c(S(=O)(=O)O)c23)n1. The second-order valence-corrected chi connectivity index (χ2v) is 26.5. The van der Waals surface area contributed by atoms with E-state index in [2.05, 4.69) is 66.3 Å². The molecule has 11 N–H and O–H groups in total. The zero-order chi connectivity index (χ0) is 63.5. The van der Waals surface area contributed by atoms with Gasteiger partial charge in [-0.1, -0.05) is 24.3 Å². The van der Waals surface area contributed by atoms with Crippen molar-refractivity contribution >= 4 is 175 Å². The molecule has 9 aromatic rings. The Hall–Kier alpha value is -8.88. The molecule has 42 heteroatoms. The highest BCUT2D eigenvalue weighted by atomic mass is 35.5. The Balaban J connectivity index is 1.03. The van der Waals surface area contributed by atoms with Crippen LogP contribution in [0.2, 0.25) is 10.6 Å². The summed E-state index contributed by atoms with van der Waals surface area (Å²) in [4.78, 5) is 20.1. The topological polar surface area (TPSA) is 533 Å². The van der Waals surface area contributed by atoms with Gasteiger partial charge in [0.25, 0.3) is 60.7 Å². The van der Waals surface area contributed by atoms with Crippen LogP contribution in [-0.4, -0.2) is 125 Å². The lowest BCUT2D eigenvalue weighted by atomic mass is 10.1. The van der Waals surface area contributed by atoms with Crippen LogP contribution in [0.1, 0.15) is 0 Å². The molecule has 0 bridgehead atoms. The molecule has 2 aromatic heterocycles. The summed E-state index contributed by atoms with van der Waals surface area (Å²) in [6.45, 7) is 0. The van der Waals surface area contributed by atoms with Gasteiger partial charge in [-0.25, -0.2) is 0 Å². The highest BCUT2D eigenvalue weighted by molar-refractivity contribution is 7.87. The van der Waals surface area contributed by atoms with Crippen molar-refractivity contribution in [2.75, 3.05) is 27.9 Å². The Bertz CT molecular complexity index is 5180. The Labute approximate surface area is 498 Å². The van der Waals surface area contributed by atoms with Gasteiger partial charge in [-0.2, -0.15) is 80.4 Å². The van der Waals surface area contributed by atoms with Crippen molar-refractivity contribution in [2.45, 2.75) is 29.4 Å². The third kappa shape index (κ3) is 13.9. The van der Waals surface area contributed by atoms with Crippen LogP contribution in [0.25, 0.3) is 21.5 Å². The summed E-state index contributed by atoms with van der Waals surface area (Å²) in [6, 6.07) is 19.0. The van der Waals surface area contributed by atoms with E-state index in [1.54, 1.807) is 0 Å². The number of nitrogens with zero attached hydrogens (tertiary/aromatic N) is 11. The number of benzene rings is 7. The van der Waals surface area contributed by atoms with Crippen LogP contribution in [0, 0.1) is 0 Å². The number of phenols is 2. The van der Waals surface area contributed by atoms with E-state index in [0.717, 1.165) is 42.5 Å². The maximum atomic E-state index is 13.2. The van der Waals surface area contributed by atoms with Gasteiger partial charge in [0.15, 0.2) is 5.75 Å². The summed E-state index contributed by atoms with van der Waals surface area (Å²) in [5.41, 5.74) is -3.74. The second-order valence-electron chi connectivity index (χ2n) is 17.4. The number of rotatable bonds is 18. The molecule has 34 nitrogen and oxygen atoms in total. The van der Waals surface area contributed by atoms with Gasteiger partial charge in [0, 0.05) is 29.2 Å². The van der Waals surface area contributed by atoms with Crippen molar-refractivity contribution < 1.29 is 88.0 Å². The first-order valence-electron chi connectivity index (χ1n) is 23.0. The van der Waals surface area contributed by atoms with Crippen molar-refractivity contribution in [2.24, 2.45) is 20.5 Å². The van der Waals surface area contributed by atoms with E-state index in [1.165, 1.54) is 60.5 Å². The highest BCUT2D eigenvalue weighted by Crippen LogP contribution is 2.48. The molecule has 0 radical (unpaired) electrons. The minimum atomic E-state index is -5.55. The number of azo groups is 2. The first-order valence-corrected chi connectivity index (χ1v) is 32.4. The molecule has 0 saturated carbocycles. The van der Waals surface area contributed by atoms with E-state index in [-0.39, 0.29) is 17.6 Å².